The smallest absolute Gasteiger partial charge is 0.312 e. The molecule has 0 fully saturated rings. The van der Waals surface area contributed by atoms with E-state index in [1.54, 1.807) is 15.8 Å². The fraction of sp³-hybridized carbons (Fsp3) is 0.353. The fourth-order valence-corrected chi connectivity index (χ4v) is 3.02. The first-order chi connectivity index (χ1) is 11.0. The minimum Gasteiger partial charge on any atom is -0.481 e. The van der Waals surface area contributed by atoms with Crippen LogP contribution in [0.3, 0.4) is 0 Å². The molecule has 2 aromatic rings. The number of nitrogens with zero attached hydrogens (tertiary/aromatic N) is 3. The minimum atomic E-state index is -0.887. The Hall–Kier alpha value is -2.63. The fourth-order valence-electron chi connectivity index (χ4n) is 3.02. The van der Waals surface area contributed by atoms with Crippen LogP contribution in [0.2, 0.25) is 0 Å². The van der Waals surface area contributed by atoms with Crippen LogP contribution in [0, 0.1) is 0 Å². The van der Waals surface area contributed by atoms with E-state index in [4.69, 9.17) is 0 Å². The predicted molar refractivity (Wildman–Crippen MR) is 83.8 cm³/mol. The molecule has 23 heavy (non-hydrogen) atoms. The minimum absolute atomic E-state index is 0.0189. The van der Waals surface area contributed by atoms with Crippen molar-refractivity contribution in [3.05, 3.63) is 53.3 Å². The average Bonchev–Trinajstić information content (AvgIpc) is 2.96. The van der Waals surface area contributed by atoms with Gasteiger partial charge in [-0.1, -0.05) is 24.3 Å². The molecule has 1 aliphatic heterocycles. The van der Waals surface area contributed by atoms with Crippen LogP contribution in [0.5, 0.6) is 0 Å². The molecule has 0 saturated heterocycles. The molecule has 6 nitrogen and oxygen atoms in total. The summed E-state index contributed by atoms with van der Waals surface area (Å²) >= 11 is 0. The lowest BCUT2D eigenvalue weighted by Gasteiger charge is -2.32. The number of fused-ring (bicyclic) bond motifs is 1. The molecule has 1 unspecified atom stereocenters. The van der Waals surface area contributed by atoms with Crippen molar-refractivity contribution in [1.29, 1.82) is 0 Å². The van der Waals surface area contributed by atoms with E-state index < -0.39 is 11.9 Å². The molecule has 1 N–H and O–H groups in total. The Morgan fingerprint density at radius 1 is 1.35 bits per heavy atom. The van der Waals surface area contributed by atoms with Gasteiger partial charge in [-0.25, -0.2) is 0 Å². The van der Waals surface area contributed by atoms with Crippen LogP contribution in [-0.4, -0.2) is 38.2 Å². The van der Waals surface area contributed by atoms with E-state index in [0.717, 1.165) is 16.7 Å². The van der Waals surface area contributed by atoms with Crippen molar-refractivity contribution in [2.45, 2.75) is 25.3 Å². The second kappa shape index (κ2) is 6.24. The Bertz CT molecular complexity index is 738. The quantitative estimate of drug-likeness (QED) is 0.929. The van der Waals surface area contributed by atoms with Crippen LogP contribution in [0.4, 0.5) is 0 Å². The molecular weight excluding hydrogens is 294 g/mol. The van der Waals surface area contributed by atoms with E-state index in [1.807, 2.05) is 37.5 Å². The third kappa shape index (κ3) is 3.26. The van der Waals surface area contributed by atoms with Gasteiger partial charge in [0.25, 0.3) is 0 Å². The number of carbonyl (C=O) groups excluding carboxylic acids is 1. The van der Waals surface area contributed by atoms with E-state index in [-0.39, 0.29) is 12.5 Å². The summed E-state index contributed by atoms with van der Waals surface area (Å²) in [5.74, 6) is -1.56. The molecule has 0 radical (unpaired) electrons. The molecule has 1 aromatic carbocycles. The summed E-state index contributed by atoms with van der Waals surface area (Å²) in [6, 6.07) is 7.45. The predicted octanol–water partition coefficient (Wildman–Crippen LogP) is 1.56. The first-order valence-electron chi connectivity index (χ1n) is 7.60. The molecule has 1 amide bonds. The average molecular weight is 313 g/mol. The number of aliphatic carboxylic acids is 1. The van der Waals surface area contributed by atoms with E-state index in [2.05, 4.69) is 5.10 Å². The molecule has 1 atom stereocenters. The Morgan fingerprint density at radius 3 is 2.83 bits per heavy atom. The summed E-state index contributed by atoms with van der Waals surface area (Å²) in [6.07, 6.45) is 4.61. The molecule has 1 aliphatic rings. The SMILES string of the molecule is Cn1cc(CCC(=O)N2Cc3ccccc3C(C(=O)O)C2)cn1. The van der Waals surface area contributed by atoms with Crippen molar-refractivity contribution in [1.82, 2.24) is 14.7 Å². The Balaban J connectivity index is 1.71. The number of hydrogen-bond acceptors (Lipinski definition) is 3. The van der Waals surface area contributed by atoms with Gasteiger partial charge in [0.15, 0.2) is 0 Å². The van der Waals surface area contributed by atoms with Gasteiger partial charge in [0.1, 0.15) is 0 Å². The van der Waals surface area contributed by atoms with Gasteiger partial charge in [0.2, 0.25) is 5.91 Å². The number of amides is 1. The van der Waals surface area contributed by atoms with Crippen LogP contribution < -0.4 is 0 Å². The highest BCUT2D eigenvalue weighted by atomic mass is 16.4. The molecule has 0 bridgehead atoms. The van der Waals surface area contributed by atoms with Gasteiger partial charge in [-0.2, -0.15) is 5.10 Å². The normalized spacial score (nSPS) is 16.9. The first kappa shape index (κ1) is 15.3. The Morgan fingerprint density at radius 2 is 2.13 bits per heavy atom. The van der Waals surface area contributed by atoms with Crippen molar-refractivity contribution in [3.63, 3.8) is 0 Å². The molecule has 1 aromatic heterocycles. The monoisotopic (exact) mass is 313 g/mol. The van der Waals surface area contributed by atoms with Gasteiger partial charge in [-0.3, -0.25) is 14.3 Å². The largest absolute Gasteiger partial charge is 0.481 e. The molecule has 0 saturated carbocycles. The zero-order chi connectivity index (χ0) is 16.4. The maximum atomic E-state index is 12.5. The number of aromatic nitrogens is 2. The molecule has 3 rings (SSSR count). The molecule has 120 valence electrons. The summed E-state index contributed by atoms with van der Waals surface area (Å²) < 4.78 is 1.71. The van der Waals surface area contributed by atoms with Crippen molar-refractivity contribution >= 4 is 11.9 Å². The third-order valence-corrected chi connectivity index (χ3v) is 4.23. The summed E-state index contributed by atoms with van der Waals surface area (Å²) in [5.41, 5.74) is 2.74. The van der Waals surface area contributed by atoms with Crippen LogP contribution in [0.15, 0.2) is 36.7 Å². The van der Waals surface area contributed by atoms with Crippen molar-refractivity contribution in [3.8, 4) is 0 Å². The number of carboxylic acid groups (broad SMARTS) is 1. The molecule has 0 aliphatic carbocycles. The number of carbonyl (C=O) groups is 2. The third-order valence-electron chi connectivity index (χ3n) is 4.23. The van der Waals surface area contributed by atoms with Crippen molar-refractivity contribution in [2.75, 3.05) is 6.54 Å². The van der Waals surface area contributed by atoms with Crippen LogP contribution in [-0.2, 0) is 29.6 Å². The van der Waals surface area contributed by atoms with Crippen LogP contribution in [0.1, 0.15) is 29.0 Å². The van der Waals surface area contributed by atoms with E-state index in [9.17, 15) is 14.7 Å². The number of rotatable bonds is 4. The number of hydrogen-bond donors (Lipinski definition) is 1. The number of benzene rings is 1. The molecule has 6 heteroatoms. The van der Waals surface area contributed by atoms with Gasteiger partial charge >= 0.3 is 5.97 Å². The highest BCUT2D eigenvalue weighted by Gasteiger charge is 2.32. The van der Waals surface area contributed by atoms with Crippen molar-refractivity contribution < 1.29 is 14.7 Å². The highest BCUT2D eigenvalue weighted by molar-refractivity contribution is 5.81. The van der Waals surface area contributed by atoms with E-state index >= 15 is 0 Å². The number of carboxylic acids is 1. The Labute approximate surface area is 134 Å². The summed E-state index contributed by atoms with van der Waals surface area (Å²) in [5, 5.41) is 13.5. The second-order valence-corrected chi connectivity index (χ2v) is 5.89. The molecular formula is C17H19N3O3. The topological polar surface area (TPSA) is 75.4 Å². The maximum absolute atomic E-state index is 12.5. The lowest BCUT2D eigenvalue weighted by Crippen LogP contribution is -2.40. The zero-order valence-corrected chi connectivity index (χ0v) is 13.0. The molecule has 0 spiro atoms. The Kier molecular flexibility index (Phi) is 4.14. The van der Waals surface area contributed by atoms with Crippen molar-refractivity contribution in [2.24, 2.45) is 7.05 Å². The summed E-state index contributed by atoms with van der Waals surface area (Å²) in [6.45, 7) is 0.712. The summed E-state index contributed by atoms with van der Waals surface area (Å²) in [7, 11) is 1.84. The van der Waals surface area contributed by atoms with Crippen LogP contribution in [0.25, 0.3) is 0 Å². The lowest BCUT2D eigenvalue weighted by molar-refractivity contribution is -0.141. The standard InChI is InChI=1S/C17H19N3O3/c1-19-9-12(8-18-19)6-7-16(21)20-10-13-4-2-3-5-14(13)15(11-20)17(22)23/h2-5,8-9,15H,6-7,10-11H2,1H3,(H,22,23). The molecule has 2 heterocycles. The van der Waals surface area contributed by atoms with Gasteiger partial charge in [0, 0.05) is 32.8 Å². The van der Waals surface area contributed by atoms with Crippen LogP contribution >= 0.6 is 0 Å². The second-order valence-electron chi connectivity index (χ2n) is 5.89. The van der Waals surface area contributed by atoms with Gasteiger partial charge in [0.05, 0.1) is 12.1 Å². The van der Waals surface area contributed by atoms with E-state index in [0.29, 0.717) is 19.4 Å². The summed E-state index contributed by atoms with van der Waals surface area (Å²) in [4.78, 5) is 25.6. The van der Waals surface area contributed by atoms with Gasteiger partial charge in [-0.05, 0) is 23.1 Å². The lowest BCUT2D eigenvalue weighted by atomic mass is 9.89. The first-order valence-corrected chi connectivity index (χ1v) is 7.60. The maximum Gasteiger partial charge on any atom is 0.312 e. The van der Waals surface area contributed by atoms with Gasteiger partial charge < -0.3 is 10.0 Å². The number of aryl methyl sites for hydroxylation is 2. The zero-order valence-electron chi connectivity index (χ0n) is 13.0. The van der Waals surface area contributed by atoms with E-state index in [1.165, 1.54) is 0 Å². The van der Waals surface area contributed by atoms with Gasteiger partial charge in [-0.15, -0.1) is 0 Å². The highest BCUT2D eigenvalue weighted by Crippen LogP contribution is 2.28.